The lowest BCUT2D eigenvalue weighted by molar-refractivity contribution is -0.384. The maximum absolute atomic E-state index is 10.7. The van der Waals surface area contributed by atoms with E-state index in [0.717, 1.165) is 12.8 Å². The van der Waals surface area contributed by atoms with E-state index in [-0.39, 0.29) is 11.2 Å². The molecular formula is C10H13N3O2. The van der Waals surface area contributed by atoms with E-state index in [9.17, 15) is 10.1 Å². The Labute approximate surface area is 87.7 Å². The fraction of sp³-hybridized carbons (Fsp3) is 0.500. The normalized spacial score (nSPS) is 17.9. The average Bonchev–Trinajstić information content (AvgIpc) is 2.16. The largest absolute Gasteiger partial charge is 0.374 e. The number of anilines is 1. The summed E-state index contributed by atoms with van der Waals surface area (Å²) in [7, 11) is 0. The molecule has 1 N–H and O–H groups in total. The van der Waals surface area contributed by atoms with Gasteiger partial charge in [-0.1, -0.05) is 0 Å². The van der Waals surface area contributed by atoms with Gasteiger partial charge in [-0.15, -0.1) is 0 Å². The predicted octanol–water partition coefficient (Wildman–Crippen LogP) is 2.34. The molecule has 0 atom stereocenters. The van der Waals surface area contributed by atoms with Crippen LogP contribution in [0.2, 0.25) is 0 Å². The number of aromatic nitrogens is 1. The molecule has 1 aliphatic carbocycles. The van der Waals surface area contributed by atoms with Gasteiger partial charge in [0.25, 0.3) is 0 Å². The predicted molar refractivity (Wildman–Crippen MR) is 56.8 cm³/mol. The Morgan fingerprint density at radius 1 is 1.60 bits per heavy atom. The highest BCUT2D eigenvalue weighted by Crippen LogP contribution is 2.36. The van der Waals surface area contributed by atoms with Crippen LogP contribution in [0.15, 0.2) is 18.5 Å². The first-order valence-electron chi connectivity index (χ1n) is 4.97. The molecule has 1 heterocycles. The van der Waals surface area contributed by atoms with Crippen molar-refractivity contribution in [1.29, 1.82) is 0 Å². The molecule has 15 heavy (non-hydrogen) atoms. The van der Waals surface area contributed by atoms with Crippen molar-refractivity contribution in [3.05, 3.63) is 28.6 Å². The second-order valence-electron chi connectivity index (χ2n) is 4.19. The Morgan fingerprint density at radius 2 is 2.33 bits per heavy atom. The lowest BCUT2D eigenvalue weighted by Gasteiger charge is -2.39. The van der Waals surface area contributed by atoms with Gasteiger partial charge in [-0.05, 0) is 32.3 Å². The fourth-order valence-electron chi connectivity index (χ4n) is 1.79. The zero-order valence-corrected chi connectivity index (χ0v) is 8.56. The van der Waals surface area contributed by atoms with E-state index in [1.807, 2.05) is 0 Å². The van der Waals surface area contributed by atoms with Crippen molar-refractivity contribution in [3.63, 3.8) is 0 Å². The van der Waals surface area contributed by atoms with Crippen molar-refractivity contribution in [2.75, 3.05) is 5.32 Å². The van der Waals surface area contributed by atoms with Gasteiger partial charge in [0.05, 0.1) is 4.92 Å². The molecule has 0 bridgehead atoms. The lowest BCUT2D eigenvalue weighted by Crippen LogP contribution is -2.41. The Morgan fingerprint density at radius 3 is 2.87 bits per heavy atom. The van der Waals surface area contributed by atoms with Crippen LogP contribution in [0.3, 0.4) is 0 Å². The summed E-state index contributed by atoms with van der Waals surface area (Å²) in [5.41, 5.74) is 0.634. The van der Waals surface area contributed by atoms with Crippen LogP contribution in [0.5, 0.6) is 0 Å². The zero-order valence-electron chi connectivity index (χ0n) is 8.56. The molecule has 1 aliphatic rings. The van der Waals surface area contributed by atoms with E-state index >= 15 is 0 Å². The van der Waals surface area contributed by atoms with Crippen LogP contribution in [0.4, 0.5) is 11.4 Å². The number of hydrogen-bond donors (Lipinski definition) is 1. The lowest BCUT2D eigenvalue weighted by atomic mass is 9.78. The molecule has 1 aromatic rings. The van der Waals surface area contributed by atoms with Gasteiger partial charge in [-0.2, -0.15) is 0 Å². The highest BCUT2D eigenvalue weighted by molar-refractivity contribution is 5.61. The second-order valence-corrected chi connectivity index (χ2v) is 4.19. The average molecular weight is 207 g/mol. The molecule has 5 heteroatoms. The van der Waals surface area contributed by atoms with E-state index in [4.69, 9.17) is 0 Å². The van der Waals surface area contributed by atoms with Crippen molar-refractivity contribution in [2.24, 2.45) is 0 Å². The van der Waals surface area contributed by atoms with Gasteiger partial charge in [0.15, 0.2) is 0 Å². The Bertz CT molecular complexity index is 388. The maximum atomic E-state index is 10.7. The molecular weight excluding hydrogens is 194 g/mol. The molecule has 0 aromatic carbocycles. The molecule has 5 nitrogen and oxygen atoms in total. The Balaban J connectivity index is 2.23. The van der Waals surface area contributed by atoms with E-state index < -0.39 is 4.92 Å². The van der Waals surface area contributed by atoms with Gasteiger partial charge in [0, 0.05) is 11.7 Å². The second kappa shape index (κ2) is 3.49. The molecule has 1 saturated carbocycles. The molecule has 0 spiro atoms. The molecule has 2 rings (SSSR count). The Kier molecular flexibility index (Phi) is 2.30. The van der Waals surface area contributed by atoms with Crippen molar-refractivity contribution in [3.8, 4) is 0 Å². The van der Waals surface area contributed by atoms with E-state index in [1.165, 1.54) is 12.6 Å². The third-order valence-corrected chi connectivity index (χ3v) is 2.89. The van der Waals surface area contributed by atoms with Gasteiger partial charge in [-0.3, -0.25) is 15.1 Å². The number of nitro groups is 1. The van der Waals surface area contributed by atoms with Crippen molar-refractivity contribution < 1.29 is 4.92 Å². The van der Waals surface area contributed by atoms with Crippen molar-refractivity contribution in [1.82, 2.24) is 4.98 Å². The molecule has 0 saturated heterocycles. The minimum Gasteiger partial charge on any atom is -0.374 e. The third-order valence-electron chi connectivity index (χ3n) is 2.89. The standard InChI is InChI=1S/C10H13N3O2/c1-10(4-2-5-10)12-8-3-6-11-7-9(8)13(14)15/h3,6-7H,2,4-5H2,1H3,(H,11,12). The summed E-state index contributed by atoms with van der Waals surface area (Å²) in [6.07, 6.45) is 6.16. The van der Waals surface area contributed by atoms with Crippen LogP contribution in [0, 0.1) is 10.1 Å². The first-order chi connectivity index (χ1) is 7.11. The first-order valence-corrected chi connectivity index (χ1v) is 4.97. The fourth-order valence-corrected chi connectivity index (χ4v) is 1.79. The van der Waals surface area contributed by atoms with E-state index in [0.29, 0.717) is 5.69 Å². The minimum absolute atomic E-state index is 0.0200. The summed E-state index contributed by atoms with van der Waals surface area (Å²) in [6.45, 7) is 2.08. The molecule has 1 fully saturated rings. The number of pyridine rings is 1. The molecule has 1 aromatic heterocycles. The summed E-state index contributed by atoms with van der Waals surface area (Å²) in [6, 6.07) is 1.65. The van der Waals surface area contributed by atoms with Crippen molar-refractivity contribution >= 4 is 11.4 Å². The van der Waals surface area contributed by atoms with Crippen LogP contribution in [0.1, 0.15) is 26.2 Å². The van der Waals surface area contributed by atoms with Gasteiger partial charge < -0.3 is 5.32 Å². The van der Waals surface area contributed by atoms with Crippen molar-refractivity contribution in [2.45, 2.75) is 31.7 Å². The number of nitrogens with one attached hydrogen (secondary N) is 1. The monoisotopic (exact) mass is 207 g/mol. The highest BCUT2D eigenvalue weighted by atomic mass is 16.6. The van der Waals surface area contributed by atoms with Crippen LogP contribution in [-0.2, 0) is 0 Å². The maximum Gasteiger partial charge on any atom is 0.310 e. The number of nitrogens with zero attached hydrogens (tertiary/aromatic N) is 2. The van der Waals surface area contributed by atoms with Gasteiger partial charge >= 0.3 is 5.69 Å². The SMILES string of the molecule is CC1(Nc2ccncc2[N+](=O)[O-])CCC1. The number of hydrogen-bond acceptors (Lipinski definition) is 4. The topological polar surface area (TPSA) is 68.1 Å². The van der Waals surface area contributed by atoms with Gasteiger partial charge in [0.2, 0.25) is 0 Å². The Hall–Kier alpha value is -1.65. The molecule has 0 aliphatic heterocycles. The summed E-state index contributed by atoms with van der Waals surface area (Å²) in [5, 5.41) is 14.0. The van der Waals surface area contributed by atoms with Crippen LogP contribution in [-0.4, -0.2) is 15.4 Å². The van der Waals surface area contributed by atoms with Crippen LogP contribution >= 0.6 is 0 Å². The highest BCUT2D eigenvalue weighted by Gasteiger charge is 2.33. The molecule has 0 radical (unpaired) electrons. The molecule has 80 valence electrons. The molecule has 0 unspecified atom stereocenters. The molecule has 0 amide bonds. The zero-order chi connectivity index (χ0) is 10.9. The quantitative estimate of drug-likeness (QED) is 0.610. The van der Waals surface area contributed by atoms with Gasteiger partial charge in [0.1, 0.15) is 11.9 Å². The third kappa shape index (κ3) is 1.91. The van der Waals surface area contributed by atoms with E-state index in [1.54, 1.807) is 12.3 Å². The first kappa shape index (κ1) is 9.89. The van der Waals surface area contributed by atoms with Gasteiger partial charge in [-0.25, -0.2) is 0 Å². The summed E-state index contributed by atoms with van der Waals surface area (Å²) in [5.74, 6) is 0. The van der Waals surface area contributed by atoms with Crippen LogP contribution in [0.25, 0.3) is 0 Å². The summed E-state index contributed by atoms with van der Waals surface area (Å²) in [4.78, 5) is 14.1. The minimum atomic E-state index is -0.405. The summed E-state index contributed by atoms with van der Waals surface area (Å²) < 4.78 is 0. The van der Waals surface area contributed by atoms with E-state index in [2.05, 4.69) is 17.2 Å². The smallest absolute Gasteiger partial charge is 0.310 e. The van der Waals surface area contributed by atoms with Crippen LogP contribution < -0.4 is 5.32 Å². The summed E-state index contributed by atoms with van der Waals surface area (Å²) >= 11 is 0. The number of rotatable bonds is 3.